The Bertz CT molecular complexity index is 427. The third-order valence-electron chi connectivity index (χ3n) is 3.54. The molecule has 0 saturated carbocycles. The number of rotatable bonds is 8. The van der Waals surface area contributed by atoms with Gasteiger partial charge in [0.2, 0.25) is 5.91 Å². The smallest absolute Gasteiger partial charge is 0.326 e. The Morgan fingerprint density at radius 2 is 1.75 bits per heavy atom. The van der Waals surface area contributed by atoms with Gasteiger partial charge in [0.05, 0.1) is 0 Å². The van der Waals surface area contributed by atoms with Crippen molar-refractivity contribution in [2.75, 3.05) is 0 Å². The Hall–Kier alpha value is -1.84. The van der Waals surface area contributed by atoms with Crippen LogP contribution in [0.4, 0.5) is 0 Å². The lowest BCUT2D eigenvalue weighted by Gasteiger charge is -2.17. The van der Waals surface area contributed by atoms with Crippen molar-refractivity contribution in [1.29, 1.82) is 0 Å². The molecule has 0 heterocycles. The number of amides is 1. The van der Waals surface area contributed by atoms with Crippen LogP contribution in [0.5, 0.6) is 0 Å². The SMILES string of the molecule is CCC(CC)CC(=O)NC(Cc1ccccc1)C(=O)O. The summed E-state index contributed by atoms with van der Waals surface area (Å²) in [6.07, 6.45) is 2.57. The highest BCUT2D eigenvalue weighted by atomic mass is 16.4. The number of hydrogen-bond donors (Lipinski definition) is 2. The van der Waals surface area contributed by atoms with Crippen LogP contribution in [-0.2, 0) is 16.0 Å². The summed E-state index contributed by atoms with van der Waals surface area (Å²) in [6, 6.07) is 8.47. The first-order chi connectivity index (χ1) is 9.56. The summed E-state index contributed by atoms with van der Waals surface area (Å²) in [6.45, 7) is 4.08. The van der Waals surface area contributed by atoms with Crippen molar-refractivity contribution >= 4 is 11.9 Å². The van der Waals surface area contributed by atoms with Crippen molar-refractivity contribution in [2.24, 2.45) is 5.92 Å². The summed E-state index contributed by atoms with van der Waals surface area (Å²) in [5.74, 6) is -0.852. The van der Waals surface area contributed by atoms with Gasteiger partial charge in [0, 0.05) is 12.8 Å². The van der Waals surface area contributed by atoms with Gasteiger partial charge >= 0.3 is 5.97 Å². The number of carboxylic acid groups (broad SMARTS) is 1. The monoisotopic (exact) mass is 277 g/mol. The number of carbonyl (C=O) groups excluding carboxylic acids is 1. The Kier molecular flexibility index (Phi) is 6.77. The number of benzene rings is 1. The third kappa shape index (κ3) is 5.43. The lowest BCUT2D eigenvalue weighted by molar-refractivity contribution is -0.141. The van der Waals surface area contributed by atoms with Crippen LogP contribution in [-0.4, -0.2) is 23.0 Å². The Morgan fingerprint density at radius 3 is 2.25 bits per heavy atom. The van der Waals surface area contributed by atoms with Crippen molar-refractivity contribution in [3.05, 3.63) is 35.9 Å². The van der Waals surface area contributed by atoms with E-state index in [0.717, 1.165) is 18.4 Å². The molecule has 0 fully saturated rings. The molecule has 4 nitrogen and oxygen atoms in total. The molecule has 1 unspecified atom stereocenters. The van der Waals surface area contributed by atoms with Crippen LogP contribution in [0.1, 0.15) is 38.7 Å². The van der Waals surface area contributed by atoms with E-state index in [1.807, 2.05) is 44.2 Å². The van der Waals surface area contributed by atoms with Gasteiger partial charge < -0.3 is 10.4 Å². The van der Waals surface area contributed by atoms with E-state index in [1.54, 1.807) is 0 Å². The van der Waals surface area contributed by atoms with Gasteiger partial charge in [-0.25, -0.2) is 4.79 Å². The molecule has 1 aromatic carbocycles. The van der Waals surface area contributed by atoms with Crippen LogP contribution in [0.3, 0.4) is 0 Å². The quantitative estimate of drug-likeness (QED) is 0.767. The summed E-state index contributed by atoms with van der Waals surface area (Å²) in [4.78, 5) is 23.2. The minimum absolute atomic E-state index is 0.179. The molecule has 0 bridgehead atoms. The maximum absolute atomic E-state index is 11.9. The second kappa shape index (κ2) is 8.35. The van der Waals surface area contributed by atoms with Crippen molar-refractivity contribution in [3.8, 4) is 0 Å². The second-order valence-corrected chi connectivity index (χ2v) is 5.03. The zero-order chi connectivity index (χ0) is 15.0. The summed E-state index contributed by atoms with van der Waals surface area (Å²) in [7, 11) is 0. The average Bonchev–Trinajstić information content (AvgIpc) is 2.45. The van der Waals surface area contributed by atoms with E-state index in [1.165, 1.54) is 0 Å². The molecule has 1 rings (SSSR count). The van der Waals surface area contributed by atoms with Crippen molar-refractivity contribution in [2.45, 2.75) is 45.6 Å². The summed E-state index contributed by atoms with van der Waals surface area (Å²) in [5.41, 5.74) is 0.905. The number of aliphatic carboxylic acids is 1. The number of hydrogen-bond acceptors (Lipinski definition) is 2. The molecule has 0 radical (unpaired) electrons. The maximum Gasteiger partial charge on any atom is 0.326 e. The molecule has 2 N–H and O–H groups in total. The lowest BCUT2D eigenvalue weighted by Crippen LogP contribution is -2.42. The van der Waals surface area contributed by atoms with Crippen LogP contribution in [0.2, 0.25) is 0 Å². The van der Waals surface area contributed by atoms with Crippen molar-refractivity contribution < 1.29 is 14.7 Å². The number of carbonyl (C=O) groups is 2. The van der Waals surface area contributed by atoms with Crippen LogP contribution in [0.25, 0.3) is 0 Å². The average molecular weight is 277 g/mol. The molecule has 0 spiro atoms. The second-order valence-electron chi connectivity index (χ2n) is 5.03. The summed E-state index contributed by atoms with van der Waals surface area (Å²) >= 11 is 0. The molecule has 1 aromatic rings. The van der Waals surface area contributed by atoms with Gasteiger partial charge in [-0.2, -0.15) is 0 Å². The van der Waals surface area contributed by atoms with E-state index >= 15 is 0 Å². The highest BCUT2D eigenvalue weighted by Gasteiger charge is 2.21. The summed E-state index contributed by atoms with van der Waals surface area (Å²) < 4.78 is 0. The largest absolute Gasteiger partial charge is 0.480 e. The standard InChI is InChI=1S/C16H23NO3/c1-3-12(4-2)11-15(18)17-14(16(19)20)10-13-8-6-5-7-9-13/h5-9,12,14H,3-4,10-11H2,1-2H3,(H,17,18)(H,19,20). The topological polar surface area (TPSA) is 66.4 Å². The number of nitrogens with one attached hydrogen (secondary N) is 1. The van der Waals surface area contributed by atoms with Gasteiger partial charge in [-0.3, -0.25) is 4.79 Å². The molecule has 110 valence electrons. The van der Waals surface area contributed by atoms with Gasteiger partial charge in [0.25, 0.3) is 0 Å². The molecule has 0 aliphatic heterocycles. The van der Waals surface area contributed by atoms with Crippen molar-refractivity contribution in [1.82, 2.24) is 5.32 Å². The molecule has 0 aliphatic rings. The number of carboxylic acids is 1. The fourth-order valence-electron chi connectivity index (χ4n) is 2.14. The maximum atomic E-state index is 11.9. The van der Waals surface area contributed by atoms with Gasteiger partial charge in [0.15, 0.2) is 0 Å². The molecule has 0 aromatic heterocycles. The lowest BCUT2D eigenvalue weighted by atomic mass is 9.98. The highest BCUT2D eigenvalue weighted by Crippen LogP contribution is 2.12. The Labute approximate surface area is 120 Å². The predicted molar refractivity (Wildman–Crippen MR) is 78.4 cm³/mol. The summed E-state index contributed by atoms with van der Waals surface area (Å²) in [5, 5.41) is 11.8. The minimum atomic E-state index is -0.994. The molecule has 4 heteroatoms. The highest BCUT2D eigenvalue weighted by molar-refractivity contribution is 5.83. The third-order valence-corrected chi connectivity index (χ3v) is 3.54. The van der Waals surface area contributed by atoms with E-state index in [0.29, 0.717) is 18.8 Å². The van der Waals surface area contributed by atoms with E-state index in [-0.39, 0.29) is 5.91 Å². The molecule has 0 aliphatic carbocycles. The van der Waals surface area contributed by atoms with Gasteiger partial charge in [-0.15, -0.1) is 0 Å². The van der Waals surface area contributed by atoms with Crippen LogP contribution < -0.4 is 5.32 Å². The molecule has 20 heavy (non-hydrogen) atoms. The molecular weight excluding hydrogens is 254 g/mol. The van der Waals surface area contributed by atoms with Crippen LogP contribution in [0.15, 0.2) is 30.3 Å². The Morgan fingerprint density at radius 1 is 1.15 bits per heavy atom. The van der Waals surface area contributed by atoms with Gasteiger partial charge in [-0.1, -0.05) is 57.0 Å². The first kappa shape index (κ1) is 16.2. The van der Waals surface area contributed by atoms with E-state index in [4.69, 9.17) is 0 Å². The Balaban J connectivity index is 2.59. The molecule has 1 atom stereocenters. The van der Waals surface area contributed by atoms with Crippen LogP contribution in [0, 0.1) is 5.92 Å². The zero-order valence-electron chi connectivity index (χ0n) is 12.1. The predicted octanol–water partition coefficient (Wildman–Crippen LogP) is 2.62. The molecule has 0 saturated heterocycles. The first-order valence-electron chi connectivity index (χ1n) is 7.12. The van der Waals surface area contributed by atoms with Crippen molar-refractivity contribution in [3.63, 3.8) is 0 Å². The normalized spacial score (nSPS) is 12.2. The first-order valence-corrected chi connectivity index (χ1v) is 7.12. The molecular formula is C16H23NO3. The fraction of sp³-hybridized carbons (Fsp3) is 0.500. The van der Waals surface area contributed by atoms with Gasteiger partial charge in [-0.05, 0) is 11.5 Å². The van der Waals surface area contributed by atoms with E-state index in [2.05, 4.69) is 5.32 Å². The van der Waals surface area contributed by atoms with Gasteiger partial charge in [0.1, 0.15) is 6.04 Å². The fourth-order valence-corrected chi connectivity index (χ4v) is 2.14. The molecule has 1 amide bonds. The van der Waals surface area contributed by atoms with Crippen LogP contribution >= 0.6 is 0 Å². The van der Waals surface area contributed by atoms with E-state index in [9.17, 15) is 14.7 Å². The minimum Gasteiger partial charge on any atom is -0.480 e. The van der Waals surface area contributed by atoms with E-state index < -0.39 is 12.0 Å². The zero-order valence-corrected chi connectivity index (χ0v) is 12.1.